The van der Waals surface area contributed by atoms with Crippen LogP contribution in [0.4, 0.5) is 4.39 Å². The molecule has 2 aromatic rings. The summed E-state index contributed by atoms with van der Waals surface area (Å²) in [5.41, 5.74) is 3.30. The first-order valence-electron chi connectivity index (χ1n) is 10.7. The summed E-state index contributed by atoms with van der Waals surface area (Å²) in [6.07, 6.45) is 1.95. The highest BCUT2D eigenvalue weighted by atomic mass is 35.5. The third-order valence-corrected chi connectivity index (χ3v) is 6.76. The Morgan fingerprint density at radius 3 is 2.27 bits per heavy atom. The maximum absolute atomic E-state index is 15.5. The van der Waals surface area contributed by atoms with E-state index in [2.05, 4.69) is 11.1 Å². The van der Waals surface area contributed by atoms with Crippen LogP contribution in [0.3, 0.4) is 0 Å². The molecule has 0 bridgehead atoms. The van der Waals surface area contributed by atoms with Crippen molar-refractivity contribution >= 4 is 40.0 Å². The summed E-state index contributed by atoms with van der Waals surface area (Å²) in [4.78, 5) is 19.4. The lowest BCUT2D eigenvalue weighted by molar-refractivity contribution is -0.133. The molecule has 0 spiro atoms. The predicted molar refractivity (Wildman–Crippen MR) is 137 cm³/mol. The fourth-order valence-electron chi connectivity index (χ4n) is 4.55. The smallest absolute Gasteiger partial charge is 0.306 e. The summed E-state index contributed by atoms with van der Waals surface area (Å²) in [6, 6.07) is 16.4. The predicted octanol–water partition coefficient (Wildman–Crippen LogP) is 3.25. The monoisotopic (exact) mass is 546 g/mol. The maximum Gasteiger partial charge on any atom is 0.306 e. The Hall–Kier alpha value is -3.88. The SMILES string of the molecule is COC1=CC(C#N)(C2(c3ccc(OS(C)(=O)=O)cc3)N=C(N)N(C)C2=O)CC(c2ccccc2)=C1F.Cl. The van der Waals surface area contributed by atoms with E-state index in [4.69, 9.17) is 14.7 Å². The number of benzene rings is 2. The molecule has 2 aliphatic rings. The van der Waals surface area contributed by atoms with Crippen molar-refractivity contribution in [1.29, 1.82) is 5.26 Å². The van der Waals surface area contributed by atoms with Crippen molar-refractivity contribution in [3.63, 3.8) is 0 Å². The van der Waals surface area contributed by atoms with Gasteiger partial charge in [0.05, 0.1) is 19.4 Å². The van der Waals surface area contributed by atoms with E-state index in [-0.39, 0.29) is 47.4 Å². The summed E-state index contributed by atoms with van der Waals surface area (Å²) >= 11 is 0. The fraction of sp³-hybridized carbons (Fsp3) is 0.240. The van der Waals surface area contributed by atoms with Gasteiger partial charge in [0.25, 0.3) is 5.91 Å². The summed E-state index contributed by atoms with van der Waals surface area (Å²) in [7, 11) is -1.10. The van der Waals surface area contributed by atoms with Crippen molar-refractivity contribution in [2.45, 2.75) is 12.0 Å². The first kappa shape index (κ1) is 27.7. The van der Waals surface area contributed by atoms with Crippen LogP contribution in [-0.4, -0.2) is 45.6 Å². The average molecular weight is 547 g/mol. The number of hydrogen-bond donors (Lipinski definition) is 1. The molecule has 9 nitrogen and oxygen atoms in total. The molecule has 0 saturated heterocycles. The van der Waals surface area contributed by atoms with E-state index < -0.39 is 32.8 Å². The van der Waals surface area contributed by atoms with Crippen LogP contribution in [0.25, 0.3) is 5.57 Å². The van der Waals surface area contributed by atoms with Crippen LogP contribution in [-0.2, 0) is 25.2 Å². The number of allylic oxidation sites excluding steroid dienone is 2. The topological polar surface area (TPSA) is 135 Å². The number of rotatable bonds is 6. The number of hydrogen-bond acceptors (Lipinski definition) is 8. The second-order valence-electron chi connectivity index (χ2n) is 8.49. The zero-order valence-corrected chi connectivity index (χ0v) is 21.8. The third kappa shape index (κ3) is 4.54. The number of nitriles is 1. The van der Waals surface area contributed by atoms with Crippen LogP contribution in [0.5, 0.6) is 5.75 Å². The minimum atomic E-state index is -3.79. The molecule has 2 aromatic carbocycles. The van der Waals surface area contributed by atoms with Crippen molar-refractivity contribution < 1.29 is 26.5 Å². The number of likely N-dealkylation sites (N-methyl/N-ethyl adjacent to an activating group) is 1. The number of nitrogens with zero attached hydrogens (tertiary/aromatic N) is 3. The number of ether oxygens (including phenoxy) is 1. The number of aliphatic imine (C=N–C) groups is 1. The average Bonchev–Trinajstić information content (AvgIpc) is 3.09. The number of carbonyl (C=O) groups is 1. The molecule has 1 aliphatic heterocycles. The Morgan fingerprint density at radius 2 is 1.78 bits per heavy atom. The van der Waals surface area contributed by atoms with Gasteiger partial charge in [0.15, 0.2) is 23.1 Å². The van der Waals surface area contributed by atoms with Crippen molar-refractivity contribution in [1.82, 2.24) is 4.90 Å². The first-order valence-corrected chi connectivity index (χ1v) is 12.6. The zero-order chi connectivity index (χ0) is 26.3. The molecule has 4 rings (SSSR count). The van der Waals surface area contributed by atoms with Crippen molar-refractivity contribution in [2.75, 3.05) is 20.4 Å². The number of guanidine groups is 1. The van der Waals surface area contributed by atoms with Crippen LogP contribution in [0.2, 0.25) is 0 Å². The molecular weight excluding hydrogens is 523 g/mol. The summed E-state index contributed by atoms with van der Waals surface area (Å²) in [5, 5.41) is 10.6. The standard InChI is InChI=1S/C25H23FN4O5S.ClH/c1-30-22(31)25(29-23(30)28,17-9-11-18(12-10-17)35-36(3,32)33)24(15-27)13-19(16-7-5-4-6-8-16)21(26)20(14-24)34-2;/h4-12,14H,13H2,1-3H3,(H2,28,29);1H. The number of amides is 1. The van der Waals surface area contributed by atoms with Crippen molar-refractivity contribution in [3.8, 4) is 11.8 Å². The van der Waals surface area contributed by atoms with Gasteiger partial charge in [-0.25, -0.2) is 9.38 Å². The van der Waals surface area contributed by atoms with Gasteiger partial charge in [-0.15, -0.1) is 12.4 Å². The van der Waals surface area contributed by atoms with Crippen molar-refractivity contribution in [2.24, 2.45) is 16.1 Å². The van der Waals surface area contributed by atoms with Gasteiger partial charge in [-0.3, -0.25) is 9.69 Å². The second kappa shape index (κ2) is 9.88. The molecule has 0 saturated carbocycles. The molecule has 2 N–H and O–H groups in total. The van der Waals surface area contributed by atoms with E-state index in [1.807, 2.05) is 0 Å². The van der Waals surface area contributed by atoms with Gasteiger partial charge < -0.3 is 14.7 Å². The highest BCUT2D eigenvalue weighted by Crippen LogP contribution is 2.56. The Bertz CT molecular complexity index is 1470. The Kier molecular flexibility index (Phi) is 7.40. The maximum atomic E-state index is 15.5. The number of methoxy groups -OCH3 is 1. The number of carbonyl (C=O) groups excluding carboxylic acids is 1. The highest BCUT2D eigenvalue weighted by Gasteiger charge is 2.63. The Balaban J connectivity index is 0.00000380. The lowest BCUT2D eigenvalue weighted by Gasteiger charge is -2.41. The quantitative estimate of drug-likeness (QED) is 0.549. The first-order chi connectivity index (χ1) is 17.0. The molecule has 0 fully saturated rings. The summed E-state index contributed by atoms with van der Waals surface area (Å²) in [6.45, 7) is 0. The lowest BCUT2D eigenvalue weighted by atomic mass is 9.61. The van der Waals surface area contributed by atoms with E-state index >= 15 is 4.39 Å². The minimum Gasteiger partial charge on any atom is -0.494 e. The van der Waals surface area contributed by atoms with E-state index in [1.165, 1.54) is 44.5 Å². The fourth-order valence-corrected chi connectivity index (χ4v) is 5.01. The van der Waals surface area contributed by atoms with Crippen LogP contribution < -0.4 is 9.92 Å². The molecule has 1 amide bonds. The van der Waals surface area contributed by atoms with E-state index in [0.29, 0.717) is 5.56 Å². The lowest BCUT2D eigenvalue weighted by Crippen LogP contribution is -2.51. The minimum absolute atomic E-state index is 0. The van der Waals surface area contributed by atoms with Gasteiger partial charge in [-0.1, -0.05) is 42.5 Å². The van der Waals surface area contributed by atoms with Gasteiger partial charge in [-0.2, -0.15) is 13.7 Å². The molecule has 194 valence electrons. The molecule has 2 unspecified atom stereocenters. The van der Waals surface area contributed by atoms with Crippen molar-refractivity contribution in [3.05, 3.63) is 83.4 Å². The second-order valence-corrected chi connectivity index (χ2v) is 10.1. The highest BCUT2D eigenvalue weighted by molar-refractivity contribution is 7.86. The molecule has 0 aromatic heterocycles. The Morgan fingerprint density at radius 1 is 1.16 bits per heavy atom. The van der Waals surface area contributed by atoms with Crippen LogP contribution >= 0.6 is 12.4 Å². The number of nitrogens with two attached hydrogens (primary N) is 1. The molecule has 2 atom stereocenters. The largest absolute Gasteiger partial charge is 0.494 e. The molecule has 0 radical (unpaired) electrons. The van der Waals surface area contributed by atoms with Crippen LogP contribution in [0.15, 0.2) is 77.3 Å². The molecule has 12 heteroatoms. The summed E-state index contributed by atoms with van der Waals surface area (Å²) < 4.78 is 48.8. The zero-order valence-electron chi connectivity index (χ0n) is 20.1. The third-order valence-electron chi connectivity index (χ3n) is 6.26. The van der Waals surface area contributed by atoms with Gasteiger partial charge >= 0.3 is 10.1 Å². The molecule has 1 heterocycles. The van der Waals surface area contributed by atoms with Gasteiger partial charge in [0, 0.05) is 19.0 Å². The van der Waals surface area contributed by atoms with Gasteiger partial charge in [0.1, 0.15) is 11.2 Å². The summed E-state index contributed by atoms with van der Waals surface area (Å²) in [5.74, 6) is -1.60. The van der Waals surface area contributed by atoms with Gasteiger partial charge in [-0.05, 0) is 29.3 Å². The van der Waals surface area contributed by atoms with Crippen LogP contribution in [0, 0.1) is 16.7 Å². The van der Waals surface area contributed by atoms with E-state index in [1.54, 1.807) is 30.3 Å². The van der Waals surface area contributed by atoms with E-state index in [9.17, 15) is 18.5 Å². The van der Waals surface area contributed by atoms with E-state index in [0.717, 1.165) is 11.2 Å². The normalized spacial score (nSPS) is 23.5. The molecular formula is C25H24ClFN4O5S. The number of halogens is 2. The van der Waals surface area contributed by atoms with Crippen LogP contribution in [0.1, 0.15) is 17.5 Å². The molecule has 37 heavy (non-hydrogen) atoms. The van der Waals surface area contributed by atoms with Gasteiger partial charge in [0.2, 0.25) is 0 Å². The molecule has 1 aliphatic carbocycles. The Labute approximate surface area is 220 Å².